The van der Waals surface area contributed by atoms with Crippen molar-refractivity contribution < 1.29 is 23.8 Å². The first kappa shape index (κ1) is 40.9. The molecule has 0 aliphatic heterocycles. The predicted octanol–water partition coefficient (Wildman–Crippen LogP) is 10.9. The largest absolute Gasteiger partial charge is 0.494 e. The van der Waals surface area contributed by atoms with Crippen molar-refractivity contribution in [3.63, 3.8) is 0 Å². The fourth-order valence-corrected chi connectivity index (χ4v) is 4.57. The number of benzene rings is 3. The molecule has 0 N–H and O–H groups in total. The maximum absolute atomic E-state index is 11.0. The zero-order valence-corrected chi connectivity index (χ0v) is 30.5. The van der Waals surface area contributed by atoms with Gasteiger partial charge in [0.1, 0.15) is 18.0 Å². The lowest BCUT2D eigenvalue weighted by atomic mass is 10.1. The molecular formula is C38H52ClN5O5. The third-order valence-electron chi connectivity index (χ3n) is 7.32. The number of aryl methyl sites for hydroxylation is 1. The van der Waals surface area contributed by atoms with Crippen molar-refractivity contribution in [2.24, 2.45) is 20.5 Å². The summed E-state index contributed by atoms with van der Waals surface area (Å²) in [7, 11) is 3.60. The lowest BCUT2D eigenvalue weighted by molar-refractivity contribution is -0.144. The second-order valence-electron chi connectivity index (χ2n) is 11.4. The lowest BCUT2D eigenvalue weighted by Crippen LogP contribution is -2.23. The molecule has 0 atom stereocenters. The van der Waals surface area contributed by atoms with E-state index in [9.17, 15) is 9.59 Å². The zero-order valence-electron chi connectivity index (χ0n) is 29.7. The van der Waals surface area contributed by atoms with E-state index in [4.69, 9.17) is 25.8 Å². The Balaban J connectivity index is 0.000000393. The molecule has 266 valence electrons. The van der Waals surface area contributed by atoms with Crippen LogP contribution in [-0.4, -0.2) is 52.4 Å². The van der Waals surface area contributed by atoms with Crippen LogP contribution in [0.1, 0.15) is 77.2 Å². The van der Waals surface area contributed by atoms with Crippen molar-refractivity contribution in [3.05, 3.63) is 77.3 Å². The van der Waals surface area contributed by atoms with Crippen LogP contribution in [0.4, 0.5) is 22.7 Å². The fourth-order valence-electron chi connectivity index (χ4n) is 4.36. The monoisotopic (exact) mass is 693 g/mol. The van der Waals surface area contributed by atoms with E-state index >= 15 is 0 Å². The molecule has 3 aromatic carbocycles. The van der Waals surface area contributed by atoms with E-state index in [0.29, 0.717) is 49.9 Å². The first-order valence-corrected chi connectivity index (χ1v) is 17.5. The molecule has 0 radical (unpaired) electrons. The molecule has 3 aromatic rings. The van der Waals surface area contributed by atoms with E-state index in [-0.39, 0.29) is 11.9 Å². The molecule has 0 saturated carbocycles. The summed E-state index contributed by atoms with van der Waals surface area (Å²) in [6, 6.07) is 21.1. The molecule has 0 fully saturated rings. The van der Waals surface area contributed by atoms with Crippen LogP contribution in [0, 0.1) is 6.92 Å². The lowest BCUT2D eigenvalue weighted by Gasteiger charge is -2.19. The van der Waals surface area contributed by atoms with Crippen LogP contribution in [0.15, 0.2) is 87.2 Å². The number of anilines is 1. The number of halogens is 1. The molecule has 3 rings (SSSR count). The van der Waals surface area contributed by atoms with Gasteiger partial charge in [-0.3, -0.25) is 9.59 Å². The smallest absolute Gasteiger partial charge is 0.305 e. The molecule has 49 heavy (non-hydrogen) atoms. The number of nitrogens with zero attached hydrogens (tertiary/aromatic N) is 5. The van der Waals surface area contributed by atoms with E-state index in [1.807, 2.05) is 86.5 Å². The van der Waals surface area contributed by atoms with Gasteiger partial charge in [0.25, 0.3) is 0 Å². The highest BCUT2D eigenvalue weighted by Crippen LogP contribution is 2.30. The Morgan fingerprint density at radius 1 is 0.694 bits per heavy atom. The third-order valence-corrected chi connectivity index (χ3v) is 7.62. The zero-order chi connectivity index (χ0) is 35.7. The standard InChI is InChI=1S/C25H33ClN2O3.C13H19N3O2/c1-3-25(29)31-18-10-8-6-4-5-7-9-17-30-22-15-16-24(23(26)19-22)28-27-21-13-11-20(2)12-14-21;1-4-13(17)18-10-9-16(3)12-7-5-11(6-8-12)15-14-2/h11-16,19H,3-10,17-18H2,1-2H3;5-8H,4,9-10H2,1-3H3. The summed E-state index contributed by atoms with van der Waals surface area (Å²) in [4.78, 5) is 24.0. The Morgan fingerprint density at radius 2 is 1.24 bits per heavy atom. The SMILES string of the molecule is CCC(=O)OCCCCCCCCCOc1ccc(N=Nc2ccc(C)cc2)c(Cl)c1.CCC(=O)OCCN(C)c1ccc(N=NC)cc1. The van der Waals surface area contributed by atoms with Gasteiger partial charge >= 0.3 is 11.9 Å². The fraction of sp³-hybridized carbons (Fsp3) is 0.474. The van der Waals surface area contributed by atoms with E-state index in [1.165, 1.54) is 24.8 Å². The first-order chi connectivity index (χ1) is 23.7. The number of esters is 2. The van der Waals surface area contributed by atoms with Crippen molar-refractivity contribution in [2.45, 2.75) is 78.6 Å². The maximum Gasteiger partial charge on any atom is 0.305 e. The van der Waals surface area contributed by atoms with Crippen LogP contribution in [0.5, 0.6) is 5.75 Å². The Bertz CT molecular complexity index is 1430. The molecule has 10 nitrogen and oxygen atoms in total. The van der Waals surface area contributed by atoms with Gasteiger partial charge in [-0.25, -0.2) is 0 Å². The number of carbonyl (C=O) groups excluding carboxylic acids is 2. The highest BCUT2D eigenvalue weighted by molar-refractivity contribution is 6.33. The summed E-state index contributed by atoms with van der Waals surface area (Å²) < 4.78 is 15.9. The van der Waals surface area contributed by atoms with Gasteiger partial charge in [-0.1, -0.05) is 75.2 Å². The van der Waals surface area contributed by atoms with Gasteiger partial charge < -0.3 is 19.1 Å². The molecule has 0 unspecified atom stereocenters. The van der Waals surface area contributed by atoms with E-state index in [2.05, 4.69) is 20.5 Å². The molecule has 0 aliphatic rings. The van der Waals surface area contributed by atoms with Crippen LogP contribution >= 0.6 is 11.6 Å². The average Bonchev–Trinajstić information content (AvgIpc) is 3.11. The first-order valence-electron chi connectivity index (χ1n) is 17.1. The summed E-state index contributed by atoms with van der Waals surface area (Å²) in [6.07, 6.45) is 8.67. The van der Waals surface area contributed by atoms with Crippen LogP contribution in [-0.2, 0) is 19.1 Å². The molecule has 0 aliphatic carbocycles. The Labute approximate surface area is 296 Å². The summed E-state index contributed by atoms with van der Waals surface area (Å²) in [6.45, 7) is 7.93. The van der Waals surface area contributed by atoms with Gasteiger partial charge in [0.15, 0.2) is 0 Å². The highest BCUT2D eigenvalue weighted by Gasteiger charge is 2.05. The summed E-state index contributed by atoms with van der Waals surface area (Å²) in [5.74, 6) is 0.477. The third kappa shape index (κ3) is 18.1. The van der Waals surface area contributed by atoms with Crippen LogP contribution in [0.25, 0.3) is 0 Å². The Morgan fingerprint density at radius 3 is 1.84 bits per heavy atom. The van der Waals surface area contributed by atoms with Crippen molar-refractivity contribution >= 4 is 46.3 Å². The number of azo groups is 2. The van der Waals surface area contributed by atoms with E-state index < -0.39 is 0 Å². The molecule has 0 bridgehead atoms. The molecule has 0 spiro atoms. The van der Waals surface area contributed by atoms with Crippen LogP contribution in [0.2, 0.25) is 5.02 Å². The van der Waals surface area contributed by atoms with Gasteiger partial charge in [-0.05, 0) is 68.3 Å². The highest BCUT2D eigenvalue weighted by atomic mass is 35.5. The van der Waals surface area contributed by atoms with Gasteiger partial charge in [0.2, 0.25) is 0 Å². The number of likely N-dealkylation sites (N-methyl/N-ethyl adjacent to an activating group) is 1. The molecule has 0 amide bonds. The average molecular weight is 694 g/mol. The number of ether oxygens (including phenoxy) is 3. The summed E-state index contributed by atoms with van der Waals surface area (Å²) >= 11 is 6.32. The molecule has 11 heteroatoms. The molecular weight excluding hydrogens is 642 g/mol. The van der Waals surface area contributed by atoms with Crippen LogP contribution in [0.3, 0.4) is 0 Å². The topological polar surface area (TPSA) is 115 Å². The minimum absolute atomic E-state index is 0.109. The van der Waals surface area contributed by atoms with E-state index in [0.717, 1.165) is 48.5 Å². The second kappa shape index (κ2) is 24.8. The summed E-state index contributed by atoms with van der Waals surface area (Å²) in [5, 5.41) is 16.6. The number of hydrogen-bond donors (Lipinski definition) is 0. The van der Waals surface area contributed by atoms with Crippen molar-refractivity contribution in [3.8, 4) is 5.75 Å². The Kier molecular flexibility index (Phi) is 20.7. The minimum atomic E-state index is -0.165. The van der Waals surface area contributed by atoms with Gasteiger partial charge in [-0.2, -0.15) is 15.3 Å². The van der Waals surface area contributed by atoms with Gasteiger partial charge in [0, 0.05) is 38.7 Å². The van der Waals surface area contributed by atoms with Crippen molar-refractivity contribution in [1.29, 1.82) is 0 Å². The number of unbranched alkanes of at least 4 members (excludes halogenated alkanes) is 6. The normalized spacial score (nSPS) is 10.9. The quantitative estimate of drug-likeness (QED) is 0.0661. The predicted molar refractivity (Wildman–Crippen MR) is 197 cm³/mol. The van der Waals surface area contributed by atoms with E-state index in [1.54, 1.807) is 20.0 Å². The number of rotatable bonds is 20. The number of carbonyl (C=O) groups is 2. The van der Waals surface area contributed by atoms with Crippen molar-refractivity contribution in [1.82, 2.24) is 0 Å². The molecule has 0 heterocycles. The summed E-state index contributed by atoms with van der Waals surface area (Å²) in [5.41, 5.74) is 4.48. The maximum atomic E-state index is 11.0. The Hall–Kier alpha value is -4.31. The van der Waals surface area contributed by atoms with Gasteiger partial charge in [0.05, 0.1) is 36.2 Å². The van der Waals surface area contributed by atoms with Gasteiger partial charge in [-0.15, -0.1) is 5.11 Å². The van der Waals surface area contributed by atoms with Crippen LogP contribution < -0.4 is 9.64 Å². The molecule has 0 saturated heterocycles. The number of hydrogen-bond acceptors (Lipinski definition) is 10. The molecule has 0 aromatic heterocycles. The van der Waals surface area contributed by atoms with Crippen molar-refractivity contribution in [2.75, 3.05) is 45.4 Å². The second-order valence-corrected chi connectivity index (χ2v) is 11.8. The minimum Gasteiger partial charge on any atom is -0.494 e.